The van der Waals surface area contributed by atoms with Crippen molar-refractivity contribution in [3.05, 3.63) is 53.1 Å². The third kappa shape index (κ3) is 4.76. The van der Waals surface area contributed by atoms with Crippen molar-refractivity contribution >= 4 is 21.8 Å². The van der Waals surface area contributed by atoms with Crippen molar-refractivity contribution < 1.29 is 18.3 Å². The highest BCUT2D eigenvalue weighted by atomic mass is 32.2. The minimum absolute atomic E-state index is 0.0922. The van der Waals surface area contributed by atoms with Gasteiger partial charge < -0.3 is 9.84 Å². The summed E-state index contributed by atoms with van der Waals surface area (Å²) in [6, 6.07) is 10.5. The van der Waals surface area contributed by atoms with Gasteiger partial charge in [-0.2, -0.15) is 0 Å². The molecule has 0 amide bonds. The van der Waals surface area contributed by atoms with Crippen LogP contribution in [0.25, 0.3) is 0 Å². The summed E-state index contributed by atoms with van der Waals surface area (Å²) in [5, 5.41) is 10.2. The van der Waals surface area contributed by atoms with Crippen LogP contribution < -0.4 is 9.46 Å². The number of aryl methyl sites for hydroxylation is 2. The Morgan fingerprint density at radius 2 is 1.72 bits per heavy atom. The standard InChI is InChI=1S/C18H23NO4S2/c1-12-9-16(10-13(2)18(12)23-3)25(21,22)19-11-17(20)14-5-7-15(24-4)8-6-14/h5-10,17,19-20H,11H2,1-4H3. The summed E-state index contributed by atoms with van der Waals surface area (Å²) in [5.41, 5.74) is 2.16. The number of ether oxygens (including phenoxy) is 1. The normalized spacial score (nSPS) is 12.8. The first-order valence-corrected chi connectivity index (χ1v) is 10.5. The van der Waals surface area contributed by atoms with Crippen molar-refractivity contribution in [2.75, 3.05) is 19.9 Å². The Balaban J connectivity index is 2.13. The summed E-state index contributed by atoms with van der Waals surface area (Å²) in [5.74, 6) is 0.674. The van der Waals surface area contributed by atoms with E-state index >= 15 is 0 Å². The number of hydrogen-bond donors (Lipinski definition) is 2. The quantitative estimate of drug-likeness (QED) is 0.721. The fourth-order valence-corrected chi connectivity index (χ4v) is 4.22. The Labute approximate surface area is 153 Å². The number of rotatable bonds is 7. The Morgan fingerprint density at radius 1 is 1.16 bits per heavy atom. The van der Waals surface area contributed by atoms with Gasteiger partial charge in [0, 0.05) is 11.4 Å². The Morgan fingerprint density at radius 3 is 2.20 bits per heavy atom. The van der Waals surface area contributed by atoms with Gasteiger partial charge in [-0.1, -0.05) is 12.1 Å². The summed E-state index contributed by atoms with van der Waals surface area (Å²) in [6.07, 6.45) is 1.06. The molecule has 1 atom stereocenters. The number of hydrogen-bond acceptors (Lipinski definition) is 5. The van der Waals surface area contributed by atoms with Gasteiger partial charge in [0.1, 0.15) is 5.75 Å². The highest BCUT2D eigenvalue weighted by Gasteiger charge is 2.19. The maximum absolute atomic E-state index is 12.5. The summed E-state index contributed by atoms with van der Waals surface area (Å²) >= 11 is 1.61. The fraction of sp³-hybridized carbons (Fsp3) is 0.333. The number of aliphatic hydroxyl groups excluding tert-OH is 1. The number of thioether (sulfide) groups is 1. The molecule has 0 aliphatic carbocycles. The smallest absolute Gasteiger partial charge is 0.240 e. The van der Waals surface area contributed by atoms with Crippen molar-refractivity contribution in [2.45, 2.75) is 29.7 Å². The Kier molecular flexibility index (Phi) is 6.51. The van der Waals surface area contributed by atoms with Crippen molar-refractivity contribution in [2.24, 2.45) is 0 Å². The minimum atomic E-state index is -3.72. The lowest BCUT2D eigenvalue weighted by molar-refractivity contribution is 0.182. The second-order valence-corrected chi connectivity index (χ2v) is 8.38. The van der Waals surface area contributed by atoms with E-state index in [9.17, 15) is 13.5 Å². The largest absolute Gasteiger partial charge is 0.496 e. The third-order valence-corrected chi connectivity index (χ3v) is 6.06. The number of methoxy groups -OCH3 is 1. The summed E-state index contributed by atoms with van der Waals surface area (Å²) in [4.78, 5) is 1.24. The lowest BCUT2D eigenvalue weighted by Crippen LogP contribution is -2.28. The molecule has 0 aliphatic rings. The first-order chi connectivity index (χ1) is 11.8. The molecule has 0 aromatic heterocycles. The molecule has 2 rings (SSSR count). The molecular formula is C18H23NO4S2. The molecule has 7 heteroatoms. The second-order valence-electron chi connectivity index (χ2n) is 5.73. The zero-order valence-corrected chi connectivity index (χ0v) is 16.4. The van der Waals surface area contributed by atoms with Crippen LogP contribution in [0.15, 0.2) is 46.2 Å². The number of sulfonamides is 1. The van der Waals surface area contributed by atoms with Crippen molar-refractivity contribution in [3.8, 4) is 5.75 Å². The highest BCUT2D eigenvalue weighted by Crippen LogP contribution is 2.26. The molecule has 136 valence electrons. The van der Waals surface area contributed by atoms with Crippen LogP contribution in [0.1, 0.15) is 22.8 Å². The molecular weight excluding hydrogens is 358 g/mol. The SMILES string of the molecule is COc1c(C)cc(S(=O)(=O)NCC(O)c2ccc(SC)cc2)cc1C. The molecule has 2 aromatic rings. The van der Waals surface area contributed by atoms with Gasteiger partial charge in [-0.25, -0.2) is 13.1 Å². The molecule has 0 bridgehead atoms. The van der Waals surface area contributed by atoms with Crippen LogP contribution >= 0.6 is 11.8 Å². The van der Waals surface area contributed by atoms with E-state index in [0.29, 0.717) is 11.3 Å². The molecule has 1 unspecified atom stereocenters. The van der Waals surface area contributed by atoms with Crippen molar-refractivity contribution in [1.82, 2.24) is 4.72 Å². The highest BCUT2D eigenvalue weighted by molar-refractivity contribution is 7.98. The molecule has 2 N–H and O–H groups in total. The molecule has 0 saturated carbocycles. The number of aliphatic hydroxyl groups is 1. The van der Waals surface area contributed by atoms with E-state index in [4.69, 9.17) is 4.74 Å². The zero-order valence-electron chi connectivity index (χ0n) is 14.7. The van der Waals surface area contributed by atoms with Gasteiger partial charge in [-0.15, -0.1) is 11.8 Å². The van der Waals surface area contributed by atoms with Crippen LogP contribution in [0.5, 0.6) is 5.75 Å². The van der Waals surface area contributed by atoms with Gasteiger partial charge in [-0.3, -0.25) is 0 Å². The minimum Gasteiger partial charge on any atom is -0.496 e. The fourth-order valence-electron chi connectivity index (χ4n) is 2.60. The molecule has 0 radical (unpaired) electrons. The van der Waals surface area contributed by atoms with E-state index in [1.54, 1.807) is 57.0 Å². The summed E-state index contributed by atoms with van der Waals surface area (Å²) in [7, 11) is -2.16. The molecule has 2 aromatic carbocycles. The van der Waals surface area contributed by atoms with E-state index in [-0.39, 0.29) is 11.4 Å². The number of nitrogens with one attached hydrogen (secondary N) is 1. The average molecular weight is 382 g/mol. The van der Waals surface area contributed by atoms with Crippen molar-refractivity contribution in [3.63, 3.8) is 0 Å². The maximum Gasteiger partial charge on any atom is 0.240 e. The van der Waals surface area contributed by atoms with Gasteiger partial charge in [0.25, 0.3) is 0 Å². The summed E-state index contributed by atoms with van der Waals surface area (Å²) < 4.78 is 32.7. The van der Waals surface area contributed by atoms with Crippen LogP contribution in [0, 0.1) is 13.8 Å². The Bertz CT molecular complexity index is 810. The van der Waals surface area contributed by atoms with E-state index in [2.05, 4.69) is 4.72 Å². The monoisotopic (exact) mass is 381 g/mol. The molecule has 0 fully saturated rings. The van der Waals surface area contributed by atoms with Crippen LogP contribution in [0.3, 0.4) is 0 Å². The average Bonchev–Trinajstić information content (AvgIpc) is 2.59. The first-order valence-electron chi connectivity index (χ1n) is 7.75. The second kappa shape index (κ2) is 8.23. The number of benzene rings is 2. The molecule has 0 aliphatic heterocycles. The molecule has 5 nitrogen and oxygen atoms in total. The van der Waals surface area contributed by atoms with E-state index in [1.807, 2.05) is 18.4 Å². The topological polar surface area (TPSA) is 75.6 Å². The van der Waals surface area contributed by atoms with Gasteiger partial charge in [-0.05, 0) is 61.1 Å². The van der Waals surface area contributed by atoms with E-state index < -0.39 is 16.1 Å². The molecule has 0 saturated heterocycles. The van der Waals surface area contributed by atoms with Gasteiger partial charge in [0.05, 0.1) is 18.1 Å². The summed E-state index contributed by atoms with van der Waals surface area (Å²) in [6.45, 7) is 3.51. The lowest BCUT2D eigenvalue weighted by atomic mass is 10.1. The zero-order chi connectivity index (χ0) is 18.6. The van der Waals surface area contributed by atoms with Crippen LogP contribution in [0.4, 0.5) is 0 Å². The third-order valence-electron chi connectivity index (χ3n) is 3.92. The van der Waals surface area contributed by atoms with Gasteiger partial charge >= 0.3 is 0 Å². The molecule has 25 heavy (non-hydrogen) atoms. The van der Waals surface area contributed by atoms with Gasteiger partial charge in [0.15, 0.2) is 0 Å². The Hall–Kier alpha value is -1.54. The predicted octanol–water partition coefficient (Wildman–Crippen LogP) is 3.05. The maximum atomic E-state index is 12.5. The van der Waals surface area contributed by atoms with E-state index in [1.165, 1.54) is 0 Å². The van der Waals surface area contributed by atoms with Crippen LogP contribution in [-0.4, -0.2) is 33.4 Å². The van der Waals surface area contributed by atoms with Crippen molar-refractivity contribution in [1.29, 1.82) is 0 Å². The van der Waals surface area contributed by atoms with Gasteiger partial charge in [0.2, 0.25) is 10.0 Å². The van der Waals surface area contributed by atoms with Crippen LogP contribution in [0.2, 0.25) is 0 Å². The van der Waals surface area contributed by atoms with E-state index in [0.717, 1.165) is 16.0 Å². The first kappa shape index (κ1) is 19.8. The molecule has 0 heterocycles. The van der Waals surface area contributed by atoms with Crippen LogP contribution in [-0.2, 0) is 10.0 Å². The predicted molar refractivity (Wildman–Crippen MR) is 101 cm³/mol. The lowest BCUT2D eigenvalue weighted by Gasteiger charge is -2.15. The molecule has 0 spiro atoms.